The highest BCUT2D eigenvalue weighted by Gasteiger charge is 2.21. The number of likely N-dealkylation sites (N-methyl/N-ethyl adjacent to an activating group) is 1. The van der Waals surface area contributed by atoms with Crippen molar-refractivity contribution in [1.82, 2.24) is 4.90 Å². The van der Waals surface area contributed by atoms with Gasteiger partial charge in [0.15, 0.2) is 0 Å². The Morgan fingerprint density at radius 1 is 1.33 bits per heavy atom. The quantitative estimate of drug-likeness (QED) is 0.844. The van der Waals surface area contributed by atoms with Crippen LogP contribution in [0.5, 0.6) is 0 Å². The molecule has 1 amide bonds. The van der Waals surface area contributed by atoms with E-state index in [0.717, 1.165) is 5.56 Å². The predicted octanol–water partition coefficient (Wildman–Crippen LogP) is 2.42. The van der Waals surface area contributed by atoms with Gasteiger partial charge in [-0.1, -0.05) is 37.3 Å². The minimum absolute atomic E-state index is 0.0369. The predicted molar refractivity (Wildman–Crippen MR) is 70.2 cm³/mol. The highest BCUT2D eigenvalue weighted by molar-refractivity contribution is 5.68. The fourth-order valence-electron chi connectivity index (χ4n) is 1.79. The molecule has 4 nitrogen and oxygen atoms in total. The van der Waals surface area contributed by atoms with Crippen molar-refractivity contribution >= 4 is 6.09 Å². The van der Waals surface area contributed by atoms with Crippen molar-refractivity contribution in [3.05, 3.63) is 35.9 Å². The van der Waals surface area contributed by atoms with Crippen molar-refractivity contribution in [2.45, 2.75) is 32.9 Å². The summed E-state index contributed by atoms with van der Waals surface area (Å²) in [4.78, 5) is 13.5. The highest BCUT2D eigenvalue weighted by atomic mass is 16.6. The van der Waals surface area contributed by atoms with Gasteiger partial charge in [-0.3, -0.25) is 0 Å². The number of carbonyl (C=O) groups is 1. The molecular formula is C14H21NO3. The fourth-order valence-corrected chi connectivity index (χ4v) is 1.79. The van der Waals surface area contributed by atoms with Gasteiger partial charge in [-0.05, 0) is 18.9 Å². The maximum Gasteiger partial charge on any atom is 0.410 e. The molecule has 0 unspecified atom stereocenters. The Hall–Kier alpha value is -1.55. The first kappa shape index (κ1) is 14.5. The summed E-state index contributed by atoms with van der Waals surface area (Å²) < 4.78 is 5.24. The third kappa shape index (κ3) is 4.04. The van der Waals surface area contributed by atoms with Gasteiger partial charge in [0.2, 0.25) is 0 Å². The fraction of sp³-hybridized carbons (Fsp3) is 0.500. The number of benzene rings is 1. The van der Waals surface area contributed by atoms with E-state index in [0.29, 0.717) is 13.0 Å². The lowest BCUT2D eigenvalue weighted by Crippen LogP contribution is -2.42. The average molecular weight is 251 g/mol. The zero-order valence-corrected chi connectivity index (χ0v) is 11.0. The van der Waals surface area contributed by atoms with Crippen LogP contribution in [0, 0.1) is 0 Å². The Balaban J connectivity index is 2.52. The summed E-state index contributed by atoms with van der Waals surface area (Å²) in [6, 6.07) is 9.38. The van der Waals surface area contributed by atoms with Gasteiger partial charge in [-0.15, -0.1) is 0 Å². The molecule has 0 aliphatic carbocycles. The summed E-state index contributed by atoms with van der Waals surface area (Å²) in [5.41, 5.74) is 0.957. The molecular weight excluding hydrogens is 230 g/mol. The van der Waals surface area contributed by atoms with Gasteiger partial charge in [-0.25, -0.2) is 4.79 Å². The van der Waals surface area contributed by atoms with Gasteiger partial charge < -0.3 is 14.7 Å². The van der Waals surface area contributed by atoms with Crippen molar-refractivity contribution < 1.29 is 14.6 Å². The van der Waals surface area contributed by atoms with Crippen LogP contribution >= 0.6 is 0 Å². The Morgan fingerprint density at radius 3 is 2.50 bits per heavy atom. The minimum Gasteiger partial charge on any atom is -0.445 e. The molecule has 4 heteroatoms. The molecule has 1 aromatic rings. The van der Waals surface area contributed by atoms with E-state index < -0.39 is 0 Å². The number of nitrogens with zero attached hydrogens (tertiary/aromatic N) is 1. The van der Waals surface area contributed by atoms with Crippen LogP contribution in [0.25, 0.3) is 0 Å². The monoisotopic (exact) mass is 251 g/mol. The summed E-state index contributed by atoms with van der Waals surface area (Å²) in [5, 5.41) is 9.21. The van der Waals surface area contributed by atoms with Crippen LogP contribution in [0.1, 0.15) is 25.8 Å². The molecule has 0 heterocycles. The maximum absolute atomic E-state index is 11.9. The largest absolute Gasteiger partial charge is 0.445 e. The summed E-state index contributed by atoms with van der Waals surface area (Å²) in [5.74, 6) is 0. The molecule has 1 N–H and O–H groups in total. The number of amides is 1. The van der Waals surface area contributed by atoms with Crippen LogP contribution in [0.3, 0.4) is 0 Å². The van der Waals surface area contributed by atoms with E-state index in [1.807, 2.05) is 44.2 Å². The number of hydrogen-bond donors (Lipinski definition) is 1. The summed E-state index contributed by atoms with van der Waals surface area (Å²) in [6.45, 7) is 4.58. The molecule has 100 valence electrons. The van der Waals surface area contributed by atoms with E-state index >= 15 is 0 Å². The summed E-state index contributed by atoms with van der Waals surface area (Å²) in [7, 11) is 0. The number of hydrogen-bond acceptors (Lipinski definition) is 3. The average Bonchev–Trinajstić information content (AvgIpc) is 2.43. The van der Waals surface area contributed by atoms with Crippen molar-refractivity contribution in [3.8, 4) is 0 Å². The van der Waals surface area contributed by atoms with Crippen LogP contribution in [-0.4, -0.2) is 35.3 Å². The maximum atomic E-state index is 11.9. The standard InChI is InChI=1S/C14H21NO3/c1-3-13(10-16)15(4-2)14(17)18-11-12-8-6-5-7-9-12/h5-9,13,16H,3-4,10-11H2,1-2H3/t13-/m0/s1. The van der Waals surface area contributed by atoms with Crippen molar-refractivity contribution in [2.24, 2.45) is 0 Å². The van der Waals surface area contributed by atoms with Crippen molar-refractivity contribution in [3.63, 3.8) is 0 Å². The van der Waals surface area contributed by atoms with Crippen LogP contribution in [0.4, 0.5) is 4.79 Å². The molecule has 0 saturated heterocycles. The van der Waals surface area contributed by atoms with Crippen LogP contribution < -0.4 is 0 Å². The molecule has 0 aliphatic rings. The van der Waals surface area contributed by atoms with Crippen molar-refractivity contribution in [2.75, 3.05) is 13.2 Å². The number of ether oxygens (including phenoxy) is 1. The van der Waals surface area contributed by atoms with Crippen LogP contribution in [0.15, 0.2) is 30.3 Å². The third-order valence-electron chi connectivity index (χ3n) is 2.90. The second-order valence-corrected chi connectivity index (χ2v) is 4.07. The van der Waals surface area contributed by atoms with Gasteiger partial charge in [0, 0.05) is 6.54 Å². The number of aliphatic hydroxyl groups is 1. The minimum atomic E-state index is -0.373. The van der Waals surface area contributed by atoms with Gasteiger partial charge in [0.1, 0.15) is 6.61 Å². The first-order valence-electron chi connectivity index (χ1n) is 6.31. The second-order valence-electron chi connectivity index (χ2n) is 4.07. The van der Waals surface area contributed by atoms with Gasteiger partial charge in [-0.2, -0.15) is 0 Å². The van der Waals surface area contributed by atoms with Gasteiger partial charge >= 0.3 is 6.09 Å². The second kappa shape index (κ2) is 7.71. The Bertz CT molecular complexity index is 349. The van der Waals surface area contributed by atoms with Gasteiger partial charge in [0.05, 0.1) is 12.6 Å². The molecule has 0 radical (unpaired) electrons. The Morgan fingerprint density at radius 2 is 2.00 bits per heavy atom. The highest BCUT2D eigenvalue weighted by Crippen LogP contribution is 2.08. The lowest BCUT2D eigenvalue weighted by molar-refractivity contribution is 0.0656. The first-order valence-corrected chi connectivity index (χ1v) is 6.31. The van der Waals surface area contributed by atoms with Gasteiger partial charge in [0.25, 0.3) is 0 Å². The van der Waals surface area contributed by atoms with Crippen LogP contribution in [-0.2, 0) is 11.3 Å². The molecule has 1 aromatic carbocycles. The molecule has 0 bridgehead atoms. The lowest BCUT2D eigenvalue weighted by atomic mass is 10.2. The number of rotatable bonds is 6. The molecule has 0 saturated carbocycles. The molecule has 0 spiro atoms. The zero-order valence-electron chi connectivity index (χ0n) is 11.0. The molecule has 0 aromatic heterocycles. The van der Waals surface area contributed by atoms with Crippen molar-refractivity contribution in [1.29, 1.82) is 0 Å². The zero-order chi connectivity index (χ0) is 13.4. The van der Waals surface area contributed by atoms with E-state index in [2.05, 4.69) is 0 Å². The van der Waals surface area contributed by atoms with E-state index in [9.17, 15) is 9.90 Å². The molecule has 0 fully saturated rings. The topological polar surface area (TPSA) is 49.8 Å². The Kier molecular flexibility index (Phi) is 6.22. The Labute approximate surface area is 108 Å². The SMILES string of the molecule is CC[C@@H](CO)N(CC)C(=O)OCc1ccccc1. The molecule has 1 atom stereocenters. The number of aliphatic hydroxyl groups excluding tert-OH is 1. The third-order valence-corrected chi connectivity index (χ3v) is 2.90. The first-order chi connectivity index (χ1) is 8.72. The number of carbonyl (C=O) groups excluding carboxylic acids is 1. The van der Waals surface area contributed by atoms with E-state index in [1.165, 1.54) is 0 Å². The molecule has 0 aliphatic heterocycles. The van der Waals surface area contributed by atoms with E-state index in [-0.39, 0.29) is 25.3 Å². The van der Waals surface area contributed by atoms with Crippen LogP contribution in [0.2, 0.25) is 0 Å². The smallest absolute Gasteiger partial charge is 0.410 e. The summed E-state index contributed by atoms with van der Waals surface area (Å²) >= 11 is 0. The molecule has 18 heavy (non-hydrogen) atoms. The van der Waals surface area contributed by atoms with E-state index in [1.54, 1.807) is 4.90 Å². The summed E-state index contributed by atoms with van der Waals surface area (Å²) in [6.07, 6.45) is 0.340. The normalized spacial score (nSPS) is 11.9. The molecule has 1 rings (SSSR count). The lowest BCUT2D eigenvalue weighted by Gasteiger charge is -2.27. The van der Waals surface area contributed by atoms with E-state index in [4.69, 9.17) is 4.74 Å².